The number of nitrogens with zero attached hydrogens (tertiary/aromatic N) is 2. The van der Waals surface area contributed by atoms with Gasteiger partial charge in [-0.05, 0) is 29.3 Å². The van der Waals surface area contributed by atoms with Crippen LogP contribution in [0, 0.1) is 21.4 Å². The third-order valence-electron chi connectivity index (χ3n) is 2.83. The van der Waals surface area contributed by atoms with Gasteiger partial charge in [-0.25, -0.2) is 0 Å². The van der Waals surface area contributed by atoms with Crippen LogP contribution in [0.3, 0.4) is 0 Å². The molecule has 0 saturated heterocycles. The molecule has 2 aromatic carbocycles. The number of nitriles is 1. The number of benzene rings is 2. The molecule has 0 aliphatic rings. The molecule has 0 N–H and O–H groups in total. The van der Waals surface area contributed by atoms with E-state index in [0.29, 0.717) is 12.0 Å². The smallest absolute Gasteiger partial charge is 0.258 e. The molecule has 4 heteroatoms. The molecule has 0 radical (unpaired) electrons. The molecular formula is C16H12N2O2. The number of nitro groups is 1. The second-order valence-corrected chi connectivity index (χ2v) is 4.29. The predicted octanol–water partition coefficient (Wildman–Crippen LogP) is 3.74. The fourth-order valence-electron chi connectivity index (χ4n) is 1.83. The van der Waals surface area contributed by atoms with E-state index in [1.54, 1.807) is 18.2 Å². The molecule has 98 valence electrons. The molecule has 0 atom stereocenters. The topological polar surface area (TPSA) is 66.9 Å². The SMILES string of the molecule is N#C/C(=C\c1ccc([N+](=O)[O-])cc1)Cc1ccccc1. The highest BCUT2D eigenvalue weighted by molar-refractivity contribution is 5.59. The lowest BCUT2D eigenvalue weighted by Gasteiger charge is -2.00. The van der Waals surface area contributed by atoms with Crippen LogP contribution in [0.4, 0.5) is 5.69 Å². The summed E-state index contributed by atoms with van der Waals surface area (Å²) in [6.07, 6.45) is 2.30. The molecule has 0 heterocycles. The third-order valence-corrected chi connectivity index (χ3v) is 2.83. The lowest BCUT2D eigenvalue weighted by atomic mass is 10.0. The van der Waals surface area contributed by atoms with Crippen molar-refractivity contribution in [3.63, 3.8) is 0 Å². The van der Waals surface area contributed by atoms with E-state index in [-0.39, 0.29) is 5.69 Å². The van der Waals surface area contributed by atoms with Crippen LogP contribution < -0.4 is 0 Å². The summed E-state index contributed by atoms with van der Waals surface area (Å²) in [4.78, 5) is 10.1. The lowest BCUT2D eigenvalue weighted by molar-refractivity contribution is -0.384. The van der Waals surface area contributed by atoms with Crippen molar-refractivity contribution in [2.24, 2.45) is 0 Å². The maximum Gasteiger partial charge on any atom is 0.269 e. The van der Waals surface area contributed by atoms with Crippen LogP contribution in [0.1, 0.15) is 11.1 Å². The van der Waals surface area contributed by atoms with Crippen LogP contribution in [0.25, 0.3) is 6.08 Å². The van der Waals surface area contributed by atoms with Crippen LogP contribution in [-0.4, -0.2) is 4.92 Å². The maximum atomic E-state index is 10.6. The number of nitro benzene ring substituents is 1. The normalized spacial score (nSPS) is 10.8. The average Bonchev–Trinajstić information content (AvgIpc) is 2.48. The summed E-state index contributed by atoms with van der Waals surface area (Å²) in [5.74, 6) is 0. The molecule has 0 saturated carbocycles. The fraction of sp³-hybridized carbons (Fsp3) is 0.0625. The highest BCUT2D eigenvalue weighted by Gasteiger charge is 2.04. The lowest BCUT2D eigenvalue weighted by Crippen LogP contribution is -1.89. The molecular weight excluding hydrogens is 252 g/mol. The summed E-state index contributed by atoms with van der Waals surface area (Å²) >= 11 is 0. The maximum absolute atomic E-state index is 10.6. The fourth-order valence-corrected chi connectivity index (χ4v) is 1.83. The van der Waals surface area contributed by atoms with E-state index >= 15 is 0 Å². The second-order valence-electron chi connectivity index (χ2n) is 4.29. The minimum atomic E-state index is -0.442. The van der Waals surface area contributed by atoms with Crippen molar-refractivity contribution in [2.45, 2.75) is 6.42 Å². The standard InChI is InChI=1S/C16H12N2O2/c17-12-15(10-13-4-2-1-3-5-13)11-14-6-8-16(9-7-14)18(19)20/h1-9,11H,10H2/b15-11-. The highest BCUT2D eigenvalue weighted by atomic mass is 16.6. The van der Waals surface area contributed by atoms with E-state index in [0.717, 1.165) is 11.1 Å². The van der Waals surface area contributed by atoms with Crippen molar-refractivity contribution in [3.05, 3.63) is 81.4 Å². The molecule has 0 aliphatic carbocycles. The molecule has 2 rings (SSSR count). The second kappa shape index (κ2) is 6.30. The van der Waals surface area contributed by atoms with E-state index in [2.05, 4.69) is 6.07 Å². The van der Waals surface area contributed by atoms with Crippen molar-refractivity contribution in [1.82, 2.24) is 0 Å². The van der Waals surface area contributed by atoms with Crippen LogP contribution in [-0.2, 0) is 6.42 Å². The van der Waals surface area contributed by atoms with Gasteiger partial charge in [0.15, 0.2) is 0 Å². The molecule has 20 heavy (non-hydrogen) atoms. The van der Waals surface area contributed by atoms with E-state index in [1.165, 1.54) is 12.1 Å². The first-order valence-electron chi connectivity index (χ1n) is 6.08. The Hall–Kier alpha value is -2.93. The average molecular weight is 264 g/mol. The van der Waals surface area contributed by atoms with Crippen molar-refractivity contribution < 1.29 is 4.92 Å². The number of non-ortho nitro benzene ring substituents is 1. The third kappa shape index (κ3) is 3.53. The summed E-state index contributed by atoms with van der Waals surface area (Å²) in [6, 6.07) is 18.0. The quantitative estimate of drug-likeness (QED) is 0.480. The van der Waals surface area contributed by atoms with Gasteiger partial charge in [0.2, 0.25) is 0 Å². The monoisotopic (exact) mass is 264 g/mol. The van der Waals surface area contributed by atoms with Gasteiger partial charge in [-0.2, -0.15) is 5.26 Å². The number of hydrogen-bond donors (Lipinski definition) is 0. The van der Waals surface area contributed by atoms with Gasteiger partial charge in [0.25, 0.3) is 5.69 Å². The van der Waals surface area contributed by atoms with Crippen LogP contribution in [0.15, 0.2) is 60.2 Å². The Labute approximate surface area is 116 Å². The first-order chi connectivity index (χ1) is 9.69. The van der Waals surface area contributed by atoms with Gasteiger partial charge in [0.1, 0.15) is 0 Å². The summed E-state index contributed by atoms with van der Waals surface area (Å²) < 4.78 is 0. The zero-order valence-electron chi connectivity index (χ0n) is 10.7. The predicted molar refractivity (Wildman–Crippen MR) is 76.8 cm³/mol. The van der Waals surface area contributed by atoms with E-state index in [9.17, 15) is 10.1 Å². The van der Waals surface area contributed by atoms with Gasteiger partial charge < -0.3 is 0 Å². The molecule has 0 bridgehead atoms. The Morgan fingerprint density at radius 3 is 2.35 bits per heavy atom. The van der Waals surface area contributed by atoms with Crippen LogP contribution in [0.2, 0.25) is 0 Å². The van der Waals surface area contributed by atoms with E-state index < -0.39 is 4.92 Å². The molecule has 2 aromatic rings. The Kier molecular flexibility index (Phi) is 4.25. The molecule has 0 fully saturated rings. The van der Waals surface area contributed by atoms with Gasteiger partial charge in [-0.1, -0.05) is 30.3 Å². The number of rotatable bonds is 4. The molecule has 0 aliphatic heterocycles. The molecule has 0 aromatic heterocycles. The molecule has 0 spiro atoms. The minimum absolute atomic E-state index is 0.0451. The summed E-state index contributed by atoms with van der Waals surface area (Å²) in [5, 5.41) is 19.7. The number of hydrogen-bond acceptors (Lipinski definition) is 3. The van der Waals surface area contributed by atoms with Gasteiger partial charge in [-0.15, -0.1) is 0 Å². The first-order valence-corrected chi connectivity index (χ1v) is 6.08. The Morgan fingerprint density at radius 2 is 1.80 bits per heavy atom. The van der Waals surface area contributed by atoms with Gasteiger partial charge in [0.05, 0.1) is 11.0 Å². The van der Waals surface area contributed by atoms with Crippen LogP contribution >= 0.6 is 0 Å². The van der Waals surface area contributed by atoms with Gasteiger partial charge in [0, 0.05) is 24.1 Å². The van der Waals surface area contributed by atoms with Crippen molar-refractivity contribution in [3.8, 4) is 6.07 Å². The molecule has 4 nitrogen and oxygen atoms in total. The Balaban J connectivity index is 2.19. The van der Waals surface area contributed by atoms with E-state index in [1.807, 2.05) is 30.3 Å². The van der Waals surface area contributed by atoms with E-state index in [4.69, 9.17) is 5.26 Å². The molecule has 0 unspecified atom stereocenters. The minimum Gasteiger partial charge on any atom is -0.258 e. The summed E-state index contributed by atoms with van der Waals surface area (Å²) in [7, 11) is 0. The van der Waals surface area contributed by atoms with Crippen molar-refractivity contribution >= 4 is 11.8 Å². The van der Waals surface area contributed by atoms with Crippen molar-refractivity contribution in [1.29, 1.82) is 5.26 Å². The van der Waals surface area contributed by atoms with Gasteiger partial charge >= 0.3 is 0 Å². The highest BCUT2D eigenvalue weighted by Crippen LogP contribution is 2.16. The summed E-state index contributed by atoms with van der Waals surface area (Å²) in [6.45, 7) is 0. The van der Waals surface area contributed by atoms with Crippen LogP contribution in [0.5, 0.6) is 0 Å². The summed E-state index contributed by atoms with van der Waals surface area (Å²) in [5.41, 5.74) is 2.50. The number of allylic oxidation sites excluding steroid dienone is 1. The largest absolute Gasteiger partial charge is 0.269 e. The first kappa shape index (κ1) is 13.5. The zero-order chi connectivity index (χ0) is 14.4. The zero-order valence-corrected chi connectivity index (χ0v) is 10.7. The van der Waals surface area contributed by atoms with Gasteiger partial charge in [-0.3, -0.25) is 10.1 Å². The Morgan fingerprint density at radius 1 is 1.15 bits per heavy atom. The van der Waals surface area contributed by atoms with Crippen molar-refractivity contribution in [2.75, 3.05) is 0 Å². The molecule has 0 amide bonds. The Bertz CT molecular complexity index is 668.